The topological polar surface area (TPSA) is 26.3 Å². The molecular formula is C15H22O2. The molecule has 1 aliphatic carbocycles. The molecule has 94 valence electrons. The van der Waals surface area contributed by atoms with E-state index in [9.17, 15) is 4.79 Å². The highest BCUT2D eigenvalue weighted by molar-refractivity contribution is 5.74. The summed E-state index contributed by atoms with van der Waals surface area (Å²) in [6, 6.07) is 0. The molecule has 0 radical (unpaired) electrons. The summed E-state index contributed by atoms with van der Waals surface area (Å²) in [5.41, 5.74) is 2.79. The van der Waals surface area contributed by atoms with Gasteiger partial charge >= 0.3 is 5.97 Å². The van der Waals surface area contributed by atoms with E-state index in [1.54, 1.807) is 0 Å². The van der Waals surface area contributed by atoms with Gasteiger partial charge in [0.2, 0.25) is 0 Å². The molecular weight excluding hydrogens is 212 g/mol. The molecule has 1 aliphatic heterocycles. The standard InChI is InChI=1S/C15H22O2/c1-10-5-4-6-11(2)9-14-13(8-7-10)12(3)15(16)17-14/h6-7,12-14H,4-5,8-9H2,1-3H3/b10-7-,11-6-/t12-,13+,14+/m0/s1. The van der Waals surface area contributed by atoms with E-state index in [1.165, 1.54) is 11.1 Å². The van der Waals surface area contributed by atoms with Gasteiger partial charge in [0.25, 0.3) is 0 Å². The highest BCUT2D eigenvalue weighted by Crippen LogP contribution is 2.35. The maximum atomic E-state index is 11.7. The molecule has 17 heavy (non-hydrogen) atoms. The van der Waals surface area contributed by atoms with Crippen molar-refractivity contribution in [3.05, 3.63) is 23.3 Å². The number of hydrogen-bond donors (Lipinski definition) is 0. The van der Waals surface area contributed by atoms with Crippen LogP contribution in [0.25, 0.3) is 0 Å². The van der Waals surface area contributed by atoms with Crippen LogP contribution in [0.1, 0.15) is 46.5 Å². The Morgan fingerprint density at radius 2 is 2.00 bits per heavy atom. The van der Waals surface area contributed by atoms with Gasteiger partial charge in [0.05, 0.1) is 5.92 Å². The average Bonchev–Trinajstić information content (AvgIpc) is 2.52. The second kappa shape index (κ2) is 5.07. The molecule has 0 spiro atoms. The first-order valence-corrected chi connectivity index (χ1v) is 6.59. The van der Waals surface area contributed by atoms with Gasteiger partial charge in [0.15, 0.2) is 0 Å². The summed E-state index contributed by atoms with van der Waals surface area (Å²) in [5.74, 6) is 0.397. The molecule has 2 rings (SSSR count). The fourth-order valence-corrected chi connectivity index (χ4v) is 2.78. The van der Waals surface area contributed by atoms with Gasteiger partial charge in [-0.1, -0.05) is 30.2 Å². The van der Waals surface area contributed by atoms with Crippen molar-refractivity contribution in [1.29, 1.82) is 0 Å². The summed E-state index contributed by atoms with van der Waals surface area (Å²) >= 11 is 0. The summed E-state index contributed by atoms with van der Waals surface area (Å²) in [7, 11) is 0. The Balaban J connectivity index is 2.20. The first-order chi connectivity index (χ1) is 8.08. The Kier molecular flexibility index (Phi) is 3.70. The van der Waals surface area contributed by atoms with Gasteiger partial charge in [-0.15, -0.1) is 0 Å². The van der Waals surface area contributed by atoms with Crippen molar-refractivity contribution >= 4 is 5.97 Å². The third-order valence-corrected chi connectivity index (χ3v) is 4.05. The van der Waals surface area contributed by atoms with Crippen LogP contribution in [0.3, 0.4) is 0 Å². The monoisotopic (exact) mass is 234 g/mol. The minimum atomic E-state index is -0.0156. The van der Waals surface area contributed by atoms with E-state index in [2.05, 4.69) is 26.0 Å². The van der Waals surface area contributed by atoms with Crippen LogP contribution in [0, 0.1) is 11.8 Å². The van der Waals surface area contributed by atoms with Crippen LogP contribution in [0.15, 0.2) is 23.3 Å². The normalized spacial score (nSPS) is 40.6. The molecule has 1 saturated heterocycles. The predicted octanol–water partition coefficient (Wildman–Crippen LogP) is 3.63. The van der Waals surface area contributed by atoms with Crippen molar-refractivity contribution in [2.24, 2.45) is 11.8 Å². The van der Waals surface area contributed by atoms with Crippen LogP contribution in [0.5, 0.6) is 0 Å². The van der Waals surface area contributed by atoms with Gasteiger partial charge < -0.3 is 4.74 Å². The molecule has 0 N–H and O–H groups in total. The zero-order valence-electron chi connectivity index (χ0n) is 11.0. The molecule has 2 aliphatic rings. The van der Waals surface area contributed by atoms with Gasteiger partial charge in [0, 0.05) is 12.3 Å². The van der Waals surface area contributed by atoms with Gasteiger partial charge in [-0.3, -0.25) is 4.79 Å². The quantitative estimate of drug-likeness (QED) is 0.472. The van der Waals surface area contributed by atoms with Crippen molar-refractivity contribution in [3.63, 3.8) is 0 Å². The summed E-state index contributed by atoms with van der Waals surface area (Å²) < 4.78 is 5.51. The third-order valence-electron chi connectivity index (χ3n) is 4.05. The van der Waals surface area contributed by atoms with E-state index >= 15 is 0 Å². The number of allylic oxidation sites excluding steroid dienone is 3. The van der Waals surface area contributed by atoms with E-state index in [0.717, 1.165) is 25.7 Å². The summed E-state index contributed by atoms with van der Waals surface area (Å²) in [5, 5.41) is 0. The van der Waals surface area contributed by atoms with Gasteiger partial charge in [-0.25, -0.2) is 0 Å². The molecule has 2 nitrogen and oxygen atoms in total. The van der Waals surface area contributed by atoms with Crippen molar-refractivity contribution in [2.75, 3.05) is 0 Å². The molecule has 1 heterocycles. The predicted molar refractivity (Wildman–Crippen MR) is 68.5 cm³/mol. The molecule has 0 aromatic rings. The van der Waals surface area contributed by atoms with Crippen molar-refractivity contribution < 1.29 is 9.53 Å². The Morgan fingerprint density at radius 3 is 2.76 bits per heavy atom. The SMILES string of the molecule is C/C1=C/C[C@@H]2[C@H](C)C(=O)O[C@@H]2C/C(C)=C\CC1. The van der Waals surface area contributed by atoms with Crippen molar-refractivity contribution in [2.45, 2.75) is 52.6 Å². The minimum Gasteiger partial charge on any atom is -0.461 e. The maximum absolute atomic E-state index is 11.7. The van der Waals surface area contributed by atoms with E-state index in [1.807, 2.05) is 6.92 Å². The molecule has 0 bridgehead atoms. The molecule has 1 fully saturated rings. The Labute approximate surface area is 104 Å². The Bertz CT molecular complexity index is 365. The lowest BCUT2D eigenvalue weighted by Gasteiger charge is -2.19. The average molecular weight is 234 g/mol. The minimum absolute atomic E-state index is 0.0156. The second-order valence-corrected chi connectivity index (χ2v) is 5.51. The molecule has 0 aromatic heterocycles. The van der Waals surface area contributed by atoms with Crippen LogP contribution < -0.4 is 0 Å². The highest BCUT2D eigenvalue weighted by atomic mass is 16.6. The summed E-state index contributed by atoms with van der Waals surface area (Å²) in [6.07, 6.45) is 8.81. The van der Waals surface area contributed by atoms with Crippen LogP contribution in [0.2, 0.25) is 0 Å². The first-order valence-electron chi connectivity index (χ1n) is 6.59. The number of carbonyl (C=O) groups excluding carboxylic acids is 1. The number of fused-ring (bicyclic) bond motifs is 1. The zero-order chi connectivity index (χ0) is 12.4. The van der Waals surface area contributed by atoms with E-state index in [0.29, 0.717) is 5.92 Å². The van der Waals surface area contributed by atoms with Gasteiger partial charge in [0.1, 0.15) is 6.10 Å². The second-order valence-electron chi connectivity index (χ2n) is 5.51. The lowest BCUT2D eigenvalue weighted by molar-refractivity contribution is -0.143. The van der Waals surface area contributed by atoms with Gasteiger partial charge in [-0.05, 0) is 33.1 Å². The van der Waals surface area contributed by atoms with E-state index in [-0.39, 0.29) is 18.0 Å². The van der Waals surface area contributed by atoms with Crippen molar-refractivity contribution in [1.82, 2.24) is 0 Å². The number of ether oxygens (including phenoxy) is 1. The van der Waals surface area contributed by atoms with Crippen LogP contribution in [-0.2, 0) is 9.53 Å². The highest BCUT2D eigenvalue weighted by Gasteiger charge is 2.40. The first kappa shape index (κ1) is 12.4. The molecule has 3 atom stereocenters. The number of carbonyl (C=O) groups is 1. The number of hydrogen-bond acceptors (Lipinski definition) is 2. The number of esters is 1. The molecule has 2 heteroatoms. The van der Waals surface area contributed by atoms with E-state index < -0.39 is 0 Å². The fraction of sp³-hybridized carbons (Fsp3) is 0.667. The zero-order valence-corrected chi connectivity index (χ0v) is 11.0. The molecule has 0 saturated carbocycles. The molecule has 0 aromatic carbocycles. The van der Waals surface area contributed by atoms with Crippen LogP contribution in [-0.4, -0.2) is 12.1 Å². The summed E-state index contributed by atoms with van der Waals surface area (Å²) in [6.45, 7) is 6.33. The Morgan fingerprint density at radius 1 is 1.24 bits per heavy atom. The fourth-order valence-electron chi connectivity index (χ4n) is 2.78. The van der Waals surface area contributed by atoms with Crippen molar-refractivity contribution in [3.8, 4) is 0 Å². The van der Waals surface area contributed by atoms with Crippen LogP contribution >= 0.6 is 0 Å². The Hall–Kier alpha value is -1.05. The summed E-state index contributed by atoms with van der Waals surface area (Å²) in [4.78, 5) is 11.7. The lowest BCUT2D eigenvalue weighted by Crippen LogP contribution is -2.19. The molecule has 0 unspecified atom stereocenters. The van der Waals surface area contributed by atoms with Crippen LogP contribution in [0.4, 0.5) is 0 Å². The molecule has 0 amide bonds. The number of rotatable bonds is 0. The maximum Gasteiger partial charge on any atom is 0.309 e. The lowest BCUT2D eigenvalue weighted by atomic mass is 9.84. The van der Waals surface area contributed by atoms with E-state index in [4.69, 9.17) is 4.74 Å². The van der Waals surface area contributed by atoms with Gasteiger partial charge in [-0.2, -0.15) is 0 Å². The smallest absolute Gasteiger partial charge is 0.309 e. The third kappa shape index (κ3) is 2.80. The largest absolute Gasteiger partial charge is 0.461 e.